The van der Waals surface area contributed by atoms with Gasteiger partial charge in [-0.1, -0.05) is 42.3 Å². The lowest BCUT2D eigenvalue weighted by Gasteiger charge is -2.15. The van der Waals surface area contributed by atoms with Crippen molar-refractivity contribution in [3.05, 3.63) is 50.6 Å². The lowest BCUT2D eigenvalue weighted by Crippen LogP contribution is -2.15. The van der Waals surface area contributed by atoms with Crippen LogP contribution < -0.4 is 10.1 Å². The summed E-state index contributed by atoms with van der Waals surface area (Å²) in [6, 6.07) is 7.94. The van der Waals surface area contributed by atoms with Gasteiger partial charge in [0.25, 0.3) is 0 Å². The fourth-order valence-corrected chi connectivity index (χ4v) is 6.30. The quantitative estimate of drug-likeness (QED) is 0.364. The van der Waals surface area contributed by atoms with E-state index in [0.29, 0.717) is 32.3 Å². The molecule has 0 radical (unpaired) electrons. The summed E-state index contributed by atoms with van der Waals surface area (Å²) in [6.45, 7) is 3.86. The smallest absolute Gasteiger partial charge is 0.235 e. The van der Waals surface area contributed by atoms with Crippen molar-refractivity contribution in [1.29, 1.82) is 5.26 Å². The lowest BCUT2D eigenvalue weighted by molar-refractivity contribution is -0.113. The SMILES string of the molecule is Cc1ccc(Cl)c(OC(C)c2nnc(SCC(=O)Nc3sc4c(c3C#N)CCCCCC4)n2C)c1. The molecule has 1 aromatic carbocycles. The van der Waals surface area contributed by atoms with Gasteiger partial charge in [0.1, 0.15) is 16.8 Å². The third-order valence-electron chi connectivity index (χ3n) is 5.99. The van der Waals surface area contributed by atoms with Crippen LogP contribution in [0.2, 0.25) is 5.02 Å². The van der Waals surface area contributed by atoms with Crippen LogP contribution in [-0.4, -0.2) is 26.4 Å². The summed E-state index contributed by atoms with van der Waals surface area (Å²) in [5.41, 5.74) is 2.81. The molecule has 1 amide bonds. The molecule has 184 valence electrons. The summed E-state index contributed by atoms with van der Waals surface area (Å²) in [7, 11) is 1.85. The first-order valence-corrected chi connectivity index (χ1v) is 13.8. The Balaban J connectivity index is 1.39. The molecule has 2 aromatic heterocycles. The van der Waals surface area contributed by atoms with Crippen LogP contribution in [0.15, 0.2) is 23.4 Å². The number of aromatic nitrogens is 3. The van der Waals surface area contributed by atoms with Gasteiger partial charge in [-0.2, -0.15) is 5.26 Å². The number of amides is 1. The average molecular weight is 530 g/mol. The summed E-state index contributed by atoms with van der Waals surface area (Å²) < 4.78 is 7.84. The Labute approximate surface area is 218 Å². The second-order valence-corrected chi connectivity index (χ2v) is 11.1. The van der Waals surface area contributed by atoms with Crippen LogP contribution in [0.3, 0.4) is 0 Å². The number of nitriles is 1. The van der Waals surface area contributed by atoms with Gasteiger partial charge >= 0.3 is 0 Å². The molecule has 4 rings (SSSR count). The first-order valence-electron chi connectivity index (χ1n) is 11.7. The third-order valence-corrected chi connectivity index (χ3v) is 8.53. The molecule has 10 heteroatoms. The molecule has 1 N–H and O–H groups in total. The number of carbonyl (C=O) groups is 1. The molecular formula is C25H28ClN5O2S2. The zero-order valence-corrected chi connectivity index (χ0v) is 22.4. The molecule has 0 saturated heterocycles. The van der Waals surface area contributed by atoms with Gasteiger partial charge in [0.2, 0.25) is 5.91 Å². The van der Waals surface area contributed by atoms with Crippen LogP contribution in [-0.2, 0) is 24.7 Å². The highest BCUT2D eigenvalue weighted by Gasteiger charge is 2.22. The van der Waals surface area contributed by atoms with Gasteiger partial charge in [-0.15, -0.1) is 21.5 Å². The maximum absolute atomic E-state index is 12.7. The molecule has 0 bridgehead atoms. The number of hydrogen-bond acceptors (Lipinski definition) is 7. The molecule has 2 heterocycles. The second-order valence-electron chi connectivity index (χ2n) is 8.66. The normalized spacial score (nSPS) is 14.4. The number of halogens is 1. The molecule has 3 aromatic rings. The summed E-state index contributed by atoms with van der Waals surface area (Å²) in [6.07, 6.45) is 6.16. The van der Waals surface area contributed by atoms with Gasteiger partial charge in [-0.25, -0.2) is 0 Å². The Morgan fingerprint density at radius 3 is 2.86 bits per heavy atom. The zero-order valence-electron chi connectivity index (χ0n) is 20.1. The number of rotatable bonds is 7. The maximum atomic E-state index is 12.7. The topological polar surface area (TPSA) is 92.8 Å². The Bertz CT molecular complexity index is 1260. The Hall–Kier alpha value is -2.54. The summed E-state index contributed by atoms with van der Waals surface area (Å²) in [5, 5.41) is 23.0. The third kappa shape index (κ3) is 6.00. The number of anilines is 1. The number of benzene rings is 1. The van der Waals surface area contributed by atoms with E-state index in [2.05, 4.69) is 21.6 Å². The number of fused-ring (bicyclic) bond motifs is 1. The molecule has 7 nitrogen and oxygen atoms in total. The number of thioether (sulfide) groups is 1. The number of aryl methyl sites for hydroxylation is 2. The predicted molar refractivity (Wildman–Crippen MR) is 140 cm³/mol. The van der Waals surface area contributed by atoms with E-state index in [1.165, 1.54) is 29.5 Å². The van der Waals surface area contributed by atoms with E-state index in [9.17, 15) is 10.1 Å². The van der Waals surface area contributed by atoms with E-state index in [4.69, 9.17) is 16.3 Å². The van der Waals surface area contributed by atoms with Crippen LogP contribution in [0.25, 0.3) is 0 Å². The number of thiophene rings is 1. The molecule has 0 aliphatic heterocycles. The van der Waals surface area contributed by atoms with E-state index in [1.807, 2.05) is 37.6 Å². The van der Waals surface area contributed by atoms with Gasteiger partial charge in [-0.3, -0.25) is 4.79 Å². The summed E-state index contributed by atoms with van der Waals surface area (Å²) >= 11 is 9.11. The standard InChI is InChI=1S/C25H28ClN5O2S2/c1-15-10-11-19(26)20(12-15)33-16(2)23-29-30-25(31(23)3)34-14-22(32)28-24-18(13-27)17-8-6-4-5-7-9-21(17)35-24/h10-12,16H,4-9,14H2,1-3H3,(H,28,32). The Morgan fingerprint density at radius 2 is 2.09 bits per heavy atom. The molecule has 1 aliphatic rings. The molecule has 35 heavy (non-hydrogen) atoms. The minimum atomic E-state index is -0.376. The Kier molecular flexibility index (Phi) is 8.37. The fourth-order valence-electron chi connectivity index (χ4n) is 4.17. The van der Waals surface area contributed by atoms with Crippen molar-refractivity contribution < 1.29 is 9.53 Å². The first-order chi connectivity index (χ1) is 16.9. The monoisotopic (exact) mass is 529 g/mol. The van der Waals surface area contributed by atoms with Gasteiger partial charge in [0.05, 0.1) is 16.3 Å². The second kappa shape index (κ2) is 11.5. The van der Waals surface area contributed by atoms with Gasteiger partial charge in [-0.05, 0) is 62.8 Å². The van der Waals surface area contributed by atoms with Crippen LogP contribution >= 0.6 is 34.7 Å². The molecule has 0 saturated carbocycles. The number of hydrogen-bond donors (Lipinski definition) is 1. The summed E-state index contributed by atoms with van der Waals surface area (Å²) in [5.74, 6) is 1.23. The zero-order chi connectivity index (χ0) is 24.9. The highest BCUT2D eigenvalue weighted by atomic mass is 35.5. The predicted octanol–water partition coefficient (Wildman–Crippen LogP) is 6.24. The summed E-state index contributed by atoms with van der Waals surface area (Å²) in [4.78, 5) is 14.0. The minimum Gasteiger partial charge on any atom is -0.481 e. The molecular weight excluding hydrogens is 502 g/mol. The van der Waals surface area contributed by atoms with Crippen LogP contribution in [0.1, 0.15) is 66.1 Å². The number of nitrogens with one attached hydrogen (secondary N) is 1. The van der Waals surface area contributed by atoms with Gasteiger partial charge < -0.3 is 14.6 Å². The van der Waals surface area contributed by atoms with E-state index in [0.717, 1.165) is 36.8 Å². The molecule has 1 atom stereocenters. The highest BCUT2D eigenvalue weighted by Crippen LogP contribution is 2.37. The van der Waals surface area contributed by atoms with Gasteiger partial charge in [0, 0.05) is 11.9 Å². The first kappa shape index (κ1) is 25.5. The number of ether oxygens (including phenoxy) is 1. The minimum absolute atomic E-state index is 0.165. The molecule has 0 spiro atoms. The van der Waals surface area contributed by atoms with Gasteiger partial charge in [0.15, 0.2) is 17.1 Å². The number of carbonyl (C=O) groups excluding carboxylic acids is 1. The van der Waals surface area contributed by atoms with Crippen molar-refractivity contribution in [2.45, 2.75) is 63.6 Å². The van der Waals surface area contributed by atoms with Crippen molar-refractivity contribution in [3.63, 3.8) is 0 Å². The van der Waals surface area contributed by atoms with Crippen molar-refractivity contribution in [2.24, 2.45) is 7.05 Å². The molecule has 1 aliphatic carbocycles. The lowest BCUT2D eigenvalue weighted by atomic mass is 9.97. The van der Waals surface area contributed by atoms with E-state index in [-0.39, 0.29) is 17.8 Å². The van der Waals surface area contributed by atoms with E-state index < -0.39 is 0 Å². The number of nitrogens with zero attached hydrogens (tertiary/aromatic N) is 4. The van der Waals surface area contributed by atoms with Crippen molar-refractivity contribution >= 4 is 45.6 Å². The largest absolute Gasteiger partial charge is 0.481 e. The van der Waals surface area contributed by atoms with Crippen molar-refractivity contribution in [1.82, 2.24) is 14.8 Å². The van der Waals surface area contributed by atoms with Crippen LogP contribution in [0.4, 0.5) is 5.00 Å². The fraction of sp³-hybridized carbons (Fsp3) is 0.440. The van der Waals surface area contributed by atoms with Crippen LogP contribution in [0.5, 0.6) is 5.75 Å². The van der Waals surface area contributed by atoms with Crippen molar-refractivity contribution in [2.75, 3.05) is 11.1 Å². The van der Waals surface area contributed by atoms with E-state index in [1.54, 1.807) is 17.4 Å². The molecule has 0 fully saturated rings. The average Bonchev–Trinajstić information content (AvgIpc) is 3.33. The maximum Gasteiger partial charge on any atom is 0.235 e. The van der Waals surface area contributed by atoms with E-state index >= 15 is 0 Å². The van der Waals surface area contributed by atoms with Crippen molar-refractivity contribution in [3.8, 4) is 11.8 Å². The van der Waals surface area contributed by atoms with Crippen LogP contribution in [0, 0.1) is 18.3 Å². The highest BCUT2D eigenvalue weighted by molar-refractivity contribution is 7.99. The molecule has 1 unspecified atom stereocenters. The Morgan fingerprint density at radius 1 is 1.31 bits per heavy atom.